The molecule has 0 aliphatic carbocycles. The van der Waals surface area contributed by atoms with Crippen LogP contribution in [-0.2, 0) is 4.79 Å². The largest absolute Gasteiger partial charge is 0.481 e. The van der Waals surface area contributed by atoms with E-state index in [0.717, 1.165) is 18.4 Å². The van der Waals surface area contributed by atoms with E-state index in [4.69, 9.17) is 5.11 Å². The second kappa shape index (κ2) is 7.07. The molecule has 3 heteroatoms. The predicted octanol–water partition coefficient (Wildman–Crippen LogP) is 3.00. The molecular weight excluding hydrogens is 216 g/mol. The average molecular weight is 236 g/mol. The molecule has 2 atom stereocenters. The van der Waals surface area contributed by atoms with E-state index < -0.39 is 12.1 Å². The van der Waals surface area contributed by atoms with Gasteiger partial charge < -0.3 is 10.2 Å². The summed E-state index contributed by atoms with van der Waals surface area (Å²) in [5.74, 6) is -0.739. The van der Waals surface area contributed by atoms with Crippen molar-refractivity contribution in [1.29, 1.82) is 0 Å². The van der Waals surface area contributed by atoms with E-state index in [-0.39, 0.29) is 12.3 Å². The molecule has 0 aromatic heterocycles. The third-order valence-electron chi connectivity index (χ3n) is 2.90. The third kappa shape index (κ3) is 5.00. The van der Waals surface area contributed by atoms with Crippen LogP contribution < -0.4 is 0 Å². The Balaban J connectivity index is 2.57. The van der Waals surface area contributed by atoms with Gasteiger partial charge in [0.25, 0.3) is 0 Å². The number of aliphatic hydroxyl groups excluding tert-OH is 1. The minimum Gasteiger partial charge on any atom is -0.481 e. The summed E-state index contributed by atoms with van der Waals surface area (Å²) < 4.78 is 0. The van der Waals surface area contributed by atoms with Crippen LogP contribution in [-0.4, -0.2) is 16.2 Å². The number of rotatable bonds is 7. The van der Waals surface area contributed by atoms with Gasteiger partial charge in [0.05, 0.1) is 6.10 Å². The zero-order valence-electron chi connectivity index (χ0n) is 10.2. The molecule has 2 N–H and O–H groups in total. The van der Waals surface area contributed by atoms with Crippen LogP contribution in [0.1, 0.15) is 44.3 Å². The fourth-order valence-electron chi connectivity index (χ4n) is 2.09. The highest BCUT2D eigenvalue weighted by Crippen LogP contribution is 2.26. The molecule has 0 spiro atoms. The molecule has 0 aliphatic heterocycles. The first-order valence-corrected chi connectivity index (χ1v) is 6.08. The van der Waals surface area contributed by atoms with Crippen molar-refractivity contribution < 1.29 is 15.0 Å². The fourth-order valence-corrected chi connectivity index (χ4v) is 2.09. The second-order valence-corrected chi connectivity index (χ2v) is 4.41. The molecule has 94 valence electrons. The van der Waals surface area contributed by atoms with Crippen molar-refractivity contribution in [2.45, 2.75) is 38.7 Å². The van der Waals surface area contributed by atoms with E-state index in [1.54, 1.807) is 0 Å². The van der Waals surface area contributed by atoms with Crippen LogP contribution in [0.15, 0.2) is 30.3 Å². The highest BCUT2D eigenvalue weighted by atomic mass is 16.4. The molecule has 0 fully saturated rings. The number of carboxylic acid groups (broad SMARTS) is 1. The van der Waals surface area contributed by atoms with E-state index in [2.05, 4.69) is 0 Å². The summed E-state index contributed by atoms with van der Waals surface area (Å²) in [6, 6.07) is 9.40. The van der Waals surface area contributed by atoms with Crippen molar-refractivity contribution in [3.63, 3.8) is 0 Å². The number of hydrogen-bond donors (Lipinski definition) is 2. The number of aliphatic hydroxyl groups is 1. The van der Waals surface area contributed by atoms with Gasteiger partial charge in [0.1, 0.15) is 0 Å². The SMILES string of the molecule is CCCC(CC(=O)O)C[C@@H](O)c1ccccc1. The van der Waals surface area contributed by atoms with Gasteiger partial charge in [0.2, 0.25) is 0 Å². The maximum Gasteiger partial charge on any atom is 0.303 e. The lowest BCUT2D eigenvalue weighted by Crippen LogP contribution is -2.12. The van der Waals surface area contributed by atoms with Gasteiger partial charge in [0, 0.05) is 6.42 Å². The Morgan fingerprint density at radius 3 is 2.47 bits per heavy atom. The van der Waals surface area contributed by atoms with Crippen LogP contribution in [0.3, 0.4) is 0 Å². The summed E-state index contributed by atoms with van der Waals surface area (Å²) in [5, 5.41) is 18.8. The van der Waals surface area contributed by atoms with Crippen LogP contribution in [0.4, 0.5) is 0 Å². The van der Waals surface area contributed by atoms with Crippen molar-refractivity contribution in [2.24, 2.45) is 5.92 Å². The maximum atomic E-state index is 10.7. The molecule has 0 bridgehead atoms. The molecule has 3 nitrogen and oxygen atoms in total. The van der Waals surface area contributed by atoms with Crippen molar-refractivity contribution in [3.8, 4) is 0 Å². The fraction of sp³-hybridized carbons (Fsp3) is 0.500. The van der Waals surface area contributed by atoms with Gasteiger partial charge in [-0.3, -0.25) is 4.79 Å². The zero-order valence-corrected chi connectivity index (χ0v) is 10.2. The molecular formula is C14H20O3. The van der Waals surface area contributed by atoms with Gasteiger partial charge in [0.15, 0.2) is 0 Å². The monoisotopic (exact) mass is 236 g/mol. The van der Waals surface area contributed by atoms with Gasteiger partial charge in [-0.15, -0.1) is 0 Å². The van der Waals surface area contributed by atoms with Crippen molar-refractivity contribution >= 4 is 5.97 Å². The van der Waals surface area contributed by atoms with E-state index in [1.807, 2.05) is 37.3 Å². The number of benzene rings is 1. The summed E-state index contributed by atoms with van der Waals surface area (Å²) in [6.45, 7) is 2.03. The number of hydrogen-bond acceptors (Lipinski definition) is 2. The quantitative estimate of drug-likeness (QED) is 0.765. The minimum absolute atomic E-state index is 0.0488. The third-order valence-corrected chi connectivity index (χ3v) is 2.90. The molecule has 0 aliphatic rings. The van der Waals surface area contributed by atoms with Crippen LogP contribution in [0, 0.1) is 5.92 Å². The molecule has 0 heterocycles. The number of carbonyl (C=O) groups is 1. The summed E-state index contributed by atoms with van der Waals surface area (Å²) in [5.41, 5.74) is 0.860. The summed E-state index contributed by atoms with van der Waals surface area (Å²) in [7, 11) is 0. The first-order chi connectivity index (χ1) is 8.13. The minimum atomic E-state index is -0.788. The van der Waals surface area contributed by atoms with Crippen LogP contribution >= 0.6 is 0 Å². The van der Waals surface area contributed by atoms with Crippen LogP contribution in [0.25, 0.3) is 0 Å². The first kappa shape index (κ1) is 13.7. The van der Waals surface area contributed by atoms with Gasteiger partial charge in [-0.1, -0.05) is 50.1 Å². The van der Waals surface area contributed by atoms with Crippen LogP contribution in [0.2, 0.25) is 0 Å². The van der Waals surface area contributed by atoms with Crippen molar-refractivity contribution in [1.82, 2.24) is 0 Å². The Morgan fingerprint density at radius 1 is 1.29 bits per heavy atom. The molecule has 0 radical (unpaired) electrons. The number of aliphatic carboxylic acids is 1. The molecule has 17 heavy (non-hydrogen) atoms. The molecule has 1 unspecified atom stereocenters. The maximum absolute atomic E-state index is 10.7. The molecule has 1 aromatic rings. The summed E-state index contributed by atoms with van der Waals surface area (Å²) in [4.78, 5) is 10.7. The van der Waals surface area contributed by atoms with Crippen molar-refractivity contribution in [3.05, 3.63) is 35.9 Å². The lowest BCUT2D eigenvalue weighted by molar-refractivity contribution is -0.138. The zero-order chi connectivity index (χ0) is 12.7. The van der Waals surface area contributed by atoms with Crippen LogP contribution in [0.5, 0.6) is 0 Å². The lowest BCUT2D eigenvalue weighted by atomic mass is 9.91. The van der Waals surface area contributed by atoms with E-state index in [1.165, 1.54) is 0 Å². The molecule has 0 saturated heterocycles. The standard InChI is InChI=1S/C14H20O3/c1-2-6-11(10-14(16)17)9-13(15)12-7-4-3-5-8-12/h3-5,7-8,11,13,15H,2,6,9-10H2,1H3,(H,16,17)/t11?,13-/m1/s1. The Kier molecular flexibility index (Phi) is 5.70. The topological polar surface area (TPSA) is 57.5 Å². The van der Waals surface area contributed by atoms with Gasteiger partial charge in [-0.05, 0) is 17.9 Å². The lowest BCUT2D eigenvalue weighted by Gasteiger charge is -2.18. The highest BCUT2D eigenvalue weighted by molar-refractivity contribution is 5.67. The van der Waals surface area contributed by atoms with E-state index in [0.29, 0.717) is 6.42 Å². The van der Waals surface area contributed by atoms with E-state index >= 15 is 0 Å². The highest BCUT2D eigenvalue weighted by Gasteiger charge is 2.17. The Morgan fingerprint density at radius 2 is 1.94 bits per heavy atom. The molecule has 0 saturated carbocycles. The smallest absolute Gasteiger partial charge is 0.303 e. The van der Waals surface area contributed by atoms with Gasteiger partial charge in [-0.2, -0.15) is 0 Å². The second-order valence-electron chi connectivity index (χ2n) is 4.41. The van der Waals surface area contributed by atoms with Crippen molar-refractivity contribution in [2.75, 3.05) is 0 Å². The van der Waals surface area contributed by atoms with Gasteiger partial charge >= 0.3 is 5.97 Å². The Hall–Kier alpha value is -1.35. The van der Waals surface area contributed by atoms with Gasteiger partial charge in [-0.25, -0.2) is 0 Å². The predicted molar refractivity (Wildman–Crippen MR) is 66.7 cm³/mol. The molecule has 1 aromatic carbocycles. The molecule has 1 rings (SSSR count). The normalized spacial score (nSPS) is 14.2. The Labute approximate surface area is 102 Å². The Bertz CT molecular complexity index is 335. The number of carboxylic acids is 1. The van der Waals surface area contributed by atoms with E-state index in [9.17, 15) is 9.90 Å². The average Bonchev–Trinajstić information content (AvgIpc) is 2.29. The summed E-state index contributed by atoms with van der Waals surface area (Å²) in [6.07, 6.45) is 1.88. The first-order valence-electron chi connectivity index (χ1n) is 6.08. The molecule has 0 amide bonds. The summed E-state index contributed by atoms with van der Waals surface area (Å²) >= 11 is 0.